The van der Waals surface area contributed by atoms with E-state index >= 15 is 0 Å². The Kier molecular flexibility index (Phi) is 5.45. The van der Waals surface area contributed by atoms with Crippen LogP contribution in [0.15, 0.2) is 71.9 Å². The van der Waals surface area contributed by atoms with Gasteiger partial charge in [-0.25, -0.2) is 8.42 Å². The third-order valence-corrected chi connectivity index (χ3v) is 8.03. The molecule has 2 aromatic carbocycles. The summed E-state index contributed by atoms with van der Waals surface area (Å²) in [6.07, 6.45) is 3.40. The van der Waals surface area contributed by atoms with Crippen LogP contribution in [0.4, 0.5) is 0 Å². The van der Waals surface area contributed by atoms with Gasteiger partial charge in [-0.3, -0.25) is 9.48 Å². The van der Waals surface area contributed by atoms with E-state index in [4.69, 9.17) is 0 Å². The van der Waals surface area contributed by atoms with E-state index in [0.717, 1.165) is 17.3 Å². The number of hydrogen-bond acceptors (Lipinski definition) is 7. The molecular formula is C21H20N6O3S2. The molecule has 164 valence electrons. The number of benzene rings is 2. The van der Waals surface area contributed by atoms with Crippen LogP contribution in [0.3, 0.4) is 0 Å². The van der Waals surface area contributed by atoms with E-state index in [1.54, 1.807) is 46.2 Å². The Morgan fingerprint density at radius 3 is 2.44 bits per heavy atom. The van der Waals surface area contributed by atoms with Crippen LogP contribution in [0.25, 0.3) is 11.0 Å². The zero-order valence-electron chi connectivity index (χ0n) is 17.0. The third kappa shape index (κ3) is 3.68. The fraction of sp³-hybridized carbons (Fsp3) is 0.238. The number of amides is 1. The van der Waals surface area contributed by atoms with E-state index in [1.165, 1.54) is 4.31 Å². The molecule has 11 heteroatoms. The molecule has 0 N–H and O–H groups in total. The number of piperazine rings is 1. The molecule has 0 saturated carbocycles. The highest BCUT2D eigenvalue weighted by Crippen LogP contribution is 2.26. The van der Waals surface area contributed by atoms with Crippen molar-refractivity contribution in [2.45, 2.75) is 10.9 Å². The maximum Gasteiger partial charge on any atom is 0.252 e. The summed E-state index contributed by atoms with van der Waals surface area (Å²) in [5.74, 6) is -0.109. The normalized spacial score (nSPS) is 16.3. The molecule has 9 nitrogen and oxygen atoms in total. The molecular weight excluding hydrogens is 448 g/mol. The van der Waals surface area contributed by atoms with E-state index in [1.807, 2.05) is 30.3 Å². The van der Waals surface area contributed by atoms with Crippen molar-refractivity contribution in [2.75, 3.05) is 26.2 Å². The largest absolute Gasteiger partial charge is 0.338 e. The molecule has 1 aliphatic rings. The number of nitrogens with zero attached hydrogens (tertiary/aromatic N) is 6. The fourth-order valence-corrected chi connectivity index (χ4v) is 6.10. The lowest BCUT2D eigenvalue weighted by Gasteiger charge is -2.35. The Morgan fingerprint density at radius 1 is 0.938 bits per heavy atom. The maximum atomic E-state index is 13.4. The smallest absolute Gasteiger partial charge is 0.252 e. The molecule has 1 saturated heterocycles. The van der Waals surface area contributed by atoms with Crippen molar-refractivity contribution in [1.29, 1.82) is 0 Å². The minimum absolute atomic E-state index is 0.109. The van der Waals surface area contributed by atoms with Crippen LogP contribution in [0.5, 0.6) is 0 Å². The van der Waals surface area contributed by atoms with Crippen molar-refractivity contribution in [3.05, 3.63) is 72.6 Å². The third-order valence-electron chi connectivity index (χ3n) is 5.56. The summed E-state index contributed by atoms with van der Waals surface area (Å²) in [6.45, 7) is 1.02. The van der Waals surface area contributed by atoms with Crippen molar-refractivity contribution in [1.82, 2.24) is 27.7 Å². The predicted octanol–water partition coefficient (Wildman–Crippen LogP) is 2.01. The lowest BCUT2D eigenvalue weighted by Crippen LogP contribution is -2.52. The topological polar surface area (TPSA) is 101 Å². The van der Waals surface area contributed by atoms with Crippen molar-refractivity contribution < 1.29 is 13.2 Å². The Labute approximate surface area is 189 Å². The quantitative estimate of drug-likeness (QED) is 0.444. The molecule has 32 heavy (non-hydrogen) atoms. The minimum atomic E-state index is -3.74. The molecule has 3 heterocycles. The molecule has 0 spiro atoms. The second-order valence-electron chi connectivity index (χ2n) is 7.42. The molecule has 0 bridgehead atoms. The monoisotopic (exact) mass is 468 g/mol. The molecule has 1 unspecified atom stereocenters. The van der Waals surface area contributed by atoms with Crippen LogP contribution in [-0.2, 0) is 14.8 Å². The number of aromatic nitrogens is 4. The molecule has 4 aromatic rings. The van der Waals surface area contributed by atoms with Gasteiger partial charge in [-0.05, 0) is 23.8 Å². The van der Waals surface area contributed by atoms with Crippen LogP contribution >= 0.6 is 11.7 Å². The van der Waals surface area contributed by atoms with E-state index < -0.39 is 16.1 Å². The summed E-state index contributed by atoms with van der Waals surface area (Å²) in [6, 6.07) is 15.6. The van der Waals surface area contributed by atoms with Gasteiger partial charge in [0.25, 0.3) is 5.91 Å². The molecule has 1 amide bonds. The van der Waals surface area contributed by atoms with Crippen molar-refractivity contribution in [3.63, 3.8) is 0 Å². The van der Waals surface area contributed by atoms with E-state index in [2.05, 4.69) is 13.8 Å². The highest BCUT2D eigenvalue weighted by Gasteiger charge is 2.35. The SMILES string of the molecule is O=C(C(c1ccccc1)n1cccn1)N1CCN(S(=O)(=O)c2cccc3nsnc23)CC1. The number of rotatable bonds is 5. The second kappa shape index (κ2) is 8.41. The first-order chi connectivity index (χ1) is 15.6. The summed E-state index contributed by atoms with van der Waals surface area (Å²) in [5, 5.41) is 4.28. The van der Waals surface area contributed by atoms with E-state index in [9.17, 15) is 13.2 Å². The first kappa shape index (κ1) is 20.7. The molecule has 5 rings (SSSR count). The molecule has 0 radical (unpaired) electrons. The summed E-state index contributed by atoms with van der Waals surface area (Å²) in [5.41, 5.74) is 1.78. The summed E-state index contributed by atoms with van der Waals surface area (Å²) in [4.78, 5) is 15.3. The van der Waals surface area contributed by atoms with Gasteiger partial charge in [0.2, 0.25) is 10.0 Å². The van der Waals surface area contributed by atoms with Gasteiger partial charge >= 0.3 is 0 Å². The van der Waals surface area contributed by atoms with Gasteiger partial charge in [-0.2, -0.15) is 18.2 Å². The van der Waals surface area contributed by atoms with Gasteiger partial charge in [-0.1, -0.05) is 36.4 Å². The standard InChI is InChI=1S/C21H20N6O3S2/c28-21(20(27-11-5-10-22-27)16-6-2-1-3-7-16)25-12-14-26(15-13-25)32(29,30)18-9-4-8-17-19(18)24-31-23-17/h1-11,20H,12-15H2. The Hall–Kier alpha value is -3.15. The summed E-state index contributed by atoms with van der Waals surface area (Å²) in [7, 11) is -3.74. The van der Waals surface area contributed by atoms with Crippen LogP contribution in [0.1, 0.15) is 11.6 Å². The number of sulfonamides is 1. The lowest BCUT2D eigenvalue weighted by molar-refractivity contribution is -0.135. The fourth-order valence-electron chi connectivity index (χ4n) is 3.93. The molecule has 2 aromatic heterocycles. The van der Waals surface area contributed by atoms with Gasteiger partial charge in [-0.15, -0.1) is 0 Å². The lowest BCUT2D eigenvalue weighted by atomic mass is 10.1. The highest BCUT2D eigenvalue weighted by molar-refractivity contribution is 7.89. The average molecular weight is 469 g/mol. The van der Waals surface area contributed by atoms with Crippen LogP contribution in [-0.4, -0.2) is 68.2 Å². The van der Waals surface area contributed by atoms with Gasteiger partial charge in [0.15, 0.2) is 6.04 Å². The Balaban J connectivity index is 1.36. The van der Waals surface area contributed by atoms with Crippen LogP contribution in [0.2, 0.25) is 0 Å². The molecule has 1 fully saturated rings. The first-order valence-electron chi connectivity index (χ1n) is 10.1. The van der Waals surface area contributed by atoms with Crippen molar-refractivity contribution >= 4 is 38.7 Å². The van der Waals surface area contributed by atoms with E-state index in [-0.39, 0.29) is 23.9 Å². The zero-order chi connectivity index (χ0) is 22.1. The number of hydrogen-bond donors (Lipinski definition) is 0. The zero-order valence-corrected chi connectivity index (χ0v) is 18.6. The number of fused-ring (bicyclic) bond motifs is 1. The maximum absolute atomic E-state index is 13.4. The number of carbonyl (C=O) groups is 1. The Morgan fingerprint density at radius 2 is 1.72 bits per heavy atom. The van der Waals surface area contributed by atoms with Gasteiger partial charge in [0.1, 0.15) is 15.9 Å². The van der Waals surface area contributed by atoms with Gasteiger partial charge in [0, 0.05) is 38.6 Å². The van der Waals surface area contributed by atoms with Gasteiger partial charge < -0.3 is 4.90 Å². The van der Waals surface area contributed by atoms with E-state index in [0.29, 0.717) is 24.1 Å². The number of carbonyl (C=O) groups excluding carboxylic acids is 1. The van der Waals surface area contributed by atoms with Crippen LogP contribution in [0, 0.1) is 0 Å². The highest BCUT2D eigenvalue weighted by atomic mass is 32.2. The van der Waals surface area contributed by atoms with Crippen molar-refractivity contribution in [3.8, 4) is 0 Å². The second-order valence-corrected chi connectivity index (χ2v) is 9.85. The first-order valence-corrected chi connectivity index (χ1v) is 12.3. The minimum Gasteiger partial charge on any atom is -0.338 e. The van der Waals surface area contributed by atoms with Gasteiger partial charge in [0.05, 0.1) is 11.7 Å². The van der Waals surface area contributed by atoms with Crippen molar-refractivity contribution in [2.24, 2.45) is 0 Å². The summed E-state index contributed by atoms with van der Waals surface area (Å²) < 4.78 is 37.9. The predicted molar refractivity (Wildman–Crippen MR) is 120 cm³/mol. The molecule has 0 aliphatic carbocycles. The Bertz CT molecular complexity index is 1330. The summed E-state index contributed by atoms with van der Waals surface area (Å²) >= 11 is 0.990. The van der Waals surface area contributed by atoms with Crippen LogP contribution < -0.4 is 0 Å². The average Bonchev–Trinajstić information content (AvgIpc) is 3.52. The molecule has 1 aliphatic heterocycles. The molecule has 1 atom stereocenters.